The molecule has 1 atom stereocenters. The van der Waals surface area contributed by atoms with Crippen molar-refractivity contribution in [3.63, 3.8) is 0 Å². The van der Waals surface area contributed by atoms with Gasteiger partial charge in [0.2, 0.25) is 0 Å². The summed E-state index contributed by atoms with van der Waals surface area (Å²) in [6.07, 6.45) is 0. The van der Waals surface area contributed by atoms with E-state index in [0.717, 1.165) is 6.61 Å². The van der Waals surface area contributed by atoms with E-state index in [1.54, 1.807) is 0 Å². The molecule has 0 radical (unpaired) electrons. The molecular weight excluding hydrogens is 230 g/mol. The Morgan fingerprint density at radius 1 is 2.00 bits per heavy atom. The summed E-state index contributed by atoms with van der Waals surface area (Å²) >= 11 is 7.61. The molecule has 1 unspecified atom stereocenters. The third-order valence-corrected chi connectivity index (χ3v) is 2.33. The van der Waals surface area contributed by atoms with Gasteiger partial charge >= 0.3 is 5.85 Å². The van der Waals surface area contributed by atoms with Crippen LogP contribution in [0, 0.1) is 0 Å². The van der Waals surface area contributed by atoms with Crippen LogP contribution in [0.3, 0.4) is 0 Å². The zero-order valence-corrected chi connectivity index (χ0v) is 7.52. The highest BCUT2D eigenvalue weighted by Gasteiger charge is 1.94. The van der Waals surface area contributed by atoms with Crippen molar-refractivity contribution >= 4 is 38.7 Å². The van der Waals surface area contributed by atoms with Crippen molar-refractivity contribution in [2.45, 2.75) is 6.92 Å². The normalized spacial score (nSPS) is 14.5. The van der Waals surface area contributed by atoms with Gasteiger partial charge in [-0.1, -0.05) is 21.8 Å². The van der Waals surface area contributed by atoms with Crippen LogP contribution in [-0.4, -0.2) is 12.5 Å². The molecule has 1 nitrogen and oxygen atoms in total. The SMILES string of the molecule is CCO[SiH](Cl)I. The lowest BCUT2D eigenvalue weighted by Gasteiger charge is -1.93. The van der Waals surface area contributed by atoms with Gasteiger partial charge in [0.1, 0.15) is 0 Å². The minimum Gasteiger partial charge on any atom is -0.399 e. The lowest BCUT2D eigenvalue weighted by molar-refractivity contribution is 0.369. The van der Waals surface area contributed by atoms with Gasteiger partial charge in [0.25, 0.3) is 0 Å². The number of halogens is 2. The molecule has 6 heavy (non-hydrogen) atoms. The summed E-state index contributed by atoms with van der Waals surface area (Å²) in [6, 6.07) is 0. The molecular formula is C2H6ClIOSi. The Balaban J connectivity index is 2.63. The molecule has 0 saturated carbocycles. The van der Waals surface area contributed by atoms with Crippen molar-refractivity contribution in [3.8, 4) is 0 Å². The van der Waals surface area contributed by atoms with Gasteiger partial charge in [-0.2, -0.15) is 0 Å². The number of hydrogen-bond acceptors (Lipinski definition) is 1. The highest BCUT2D eigenvalue weighted by molar-refractivity contribution is 14.1. The second-order valence-corrected chi connectivity index (χ2v) is 8.36. The number of hydrogen-bond donors (Lipinski definition) is 0. The summed E-state index contributed by atoms with van der Waals surface area (Å²) in [5, 5.41) is 0. The molecule has 0 aromatic rings. The van der Waals surface area contributed by atoms with Crippen LogP contribution in [0.5, 0.6) is 0 Å². The van der Waals surface area contributed by atoms with E-state index in [1.165, 1.54) is 0 Å². The quantitative estimate of drug-likeness (QED) is 0.400. The van der Waals surface area contributed by atoms with Gasteiger partial charge in [-0.15, -0.1) is 11.1 Å². The second-order valence-electron chi connectivity index (χ2n) is 0.716. The molecule has 0 saturated heterocycles. The standard InChI is InChI=1S/C2H6ClIOSi/c1-2-5-6(3)4/h6H,2H2,1H3. The van der Waals surface area contributed by atoms with Crippen LogP contribution in [0.25, 0.3) is 0 Å². The maximum absolute atomic E-state index is 5.48. The topological polar surface area (TPSA) is 9.23 Å². The summed E-state index contributed by atoms with van der Waals surface area (Å²) in [5.74, 6) is -1.23. The van der Waals surface area contributed by atoms with E-state index < -0.39 is 5.85 Å². The van der Waals surface area contributed by atoms with E-state index in [2.05, 4.69) is 21.8 Å². The van der Waals surface area contributed by atoms with Gasteiger partial charge in [0.05, 0.1) is 0 Å². The molecule has 0 amide bonds. The average molecular weight is 237 g/mol. The third-order valence-electron chi connectivity index (χ3n) is 0.293. The third kappa shape index (κ3) is 5.20. The van der Waals surface area contributed by atoms with E-state index in [1.807, 2.05) is 6.92 Å². The molecule has 4 heteroatoms. The van der Waals surface area contributed by atoms with Crippen LogP contribution in [0.2, 0.25) is 0 Å². The van der Waals surface area contributed by atoms with Gasteiger partial charge in [-0.3, -0.25) is 0 Å². The maximum Gasteiger partial charge on any atom is 0.341 e. The van der Waals surface area contributed by atoms with Crippen molar-refractivity contribution in [3.05, 3.63) is 0 Å². The minimum absolute atomic E-state index is 0.753. The monoisotopic (exact) mass is 236 g/mol. The summed E-state index contributed by atoms with van der Waals surface area (Å²) in [6.45, 7) is 2.70. The van der Waals surface area contributed by atoms with Crippen LogP contribution in [0.4, 0.5) is 0 Å². The zero-order chi connectivity index (χ0) is 4.99. The largest absolute Gasteiger partial charge is 0.399 e. The van der Waals surface area contributed by atoms with E-state index in [-0.39, 0.29) is 0 Å². The maximum atomic E-state index is 5.48. The van der Waals surface area contributed by atoms with E-state index in [4.69, 9.17) is 15.5 Å². The summed E-state index contributed by atoms with van der Waals surface area (Å²) in [7, 11) is 0. The number of rotatable bonds is 2. The summed E-state index contributed by atoms with van der Waals surface area (Å²) in [4.78, 5) is 0. The molecule has 0 aliphatic heterocycles. The Kier molecular flexibility index (Phi) is 5.23. The van der Waals surface area contributed by atoms with Crippen molar-refractivity contribution in [1.82, 2.24) is 0 Å². The molecule has 0 spiro atoms. The molecule has 0 N–H and O–H groups in total. The Bertz CT molecular complexity index is 34.7. The fourth-order valence-electron chi connectivity index (χ4n) is 0.126. The highest BCUT2D eigenvalue weighted by Crippen LogP contribution is 1.99. The average Bonchev–Trinajstić information content (AvgIpc) is 1.35. The van der Waals surface area contributed by atoms with Crippen LogP contribution in [0.1, 0.15) is 6.92 Å². The lowest BCUT2D eigenvalue weighted by Crippen LogP contribution is -1.98. The molecule has 0 aromatic carbocycles. The molecule has 0 heterocycles. The Labute approximate surface area is 56.7 Å². The van der Waals surface area contributed by atoms with Gasteiger partial charge in [-0.25, -0.2) is 0 Å². The lowest BCUT2D eigenvalue weighted by atomic mass is 10.9. The van der Waals surface area contributed by atoms with Gasteiger partial charge < -0.3 is 4.43 Å². The van der Waals surface area contributed by atoms with Crippen LogP contribution < -0.4 is 0 Å². The smallest absolute Gasteiger partial charge is 0.341 e. The highest BCUT2D eigenvalue weighted by atomic mass is 127. The molecule has 0 aliphatic carbocycles. The van der Waals surface area contributed by atoms with Crippen LogP contribution in [-0.2, 0) is 4.43 Å². The zero-order valence-electron chi connectivity index (χ0n) is 3.45. The van der Waals surface area contributed by atoms with Crippen molar-refractivity contribution in [1.29, 1.82) is 0 Å². The predicted octanol–water partition coefficient (Wildman–Crippen LogP) is 1.41. The molecule has 0 bridgehead atoms. The van der Waals surface area contributed by atoms with Crippen molar-refractivity contribution in [2.24, 2.45) is 0 Å². The fraction of sp³-hybridized carbons (Fsp3) is 1.00. The van der Waals surface area contributed by atoms with Gasteiger partial charge in [-0.05, 0) is 6.92 Å². The Morgan fingerprint density at radius 3 is 2.50 bits per heavy atom. The van der Waals surface area contributed by atoms with Gasteiger partial charge in [0, 0.05) is 6.61 Å². The van der Waals surface area contributed by atoms with Crippen LogP contribution in [0.15, 0.2) is 0 Å². The Morgan fingerprint density at radius 2 is 2.50 bits per heavy atom. The first-order valence-electron chi connectivity index (χ1n) is 1.67. The van der Waals surface area contributed by atoms with Gasteiger partial charge in [0.15, 0.2) is 0 Å². The second kappa shape index (κ2) is 4.36. The van der Waals surface area contributed by atoms with E-state index in [0.29, 0.717) is 0 Å². The van der Waals surface area contributed by atoms with Crippen molar-refractivity contribution in [2.75, 3.05) is 6.61 Å². The minimum atomic E-state index is -1.23. The summed E-state index contributed by atoms with van der Waals surface area (Å²) < 4.78 is 4.93. The first-order valence-corrected chi connectivity index (χ1v) is 8.06. The van der Waals surface area contributed by atoms with Crippen LogP contribution >= 0.6 is 32.9 Å². The molecule has 0 rings (SSSR count). The van der Waals surface area contributed by atoms with Crippen molar-refractivity contribution < 1.29 is 4.43 Å². The summed E-state index contributed by atoms with van der Waals surface area (Å²) in [5.41, 5.74) is 0. The molecule has 0 fully saturated rings. The van der Waals surface area contributed by atoms with E-state index in [9.17, 15) is 0 Å². The first kappa shape index (κ1) is 7.20. The fourth-order valence-corrected chi connectivity index (χ4v) is 1.83. The molecule has 0 aromatic heterocycles. The van der Waals surface area contributed by atoms with E-state index >= 15 is 0 Å². The molecule has 0 aliphatic rings. The molecule has 38 valence electrons. The Hall–Kier alpha value is 1.20. The first-order chi connectivity index (χ1) is 2.77. The predicted molar refractivity (Wildman–Crippen MR) is 38.6 cm³/mol.